The van der Waals surface area contributed by atoms with Gasteiger partial charge < -0.3 is 5.11 Å². The zero-order valence-corrected chi connectivity index (χ0v) is 11.1. The molecular weight excluding hydrogens is 252 g/mol. The zero-order valence-electron chi connectivity index (χ0n) is 9.45. The number of hydrogen-bond acceptors (Lipinski definition) is 4. The summed E-state index contributed by atoms with van der Waals surface area (Å²) in [6, 6.07) is -1.14. The lowest BCUT2D eigenvalue weighted by Crippen LogP contribution is -2.49. The highest BCUT2D eigenvalue weighted by Gasteiger charge is 2.41. The molecule has 0 bridgehead atoms. The van der Waals surface area contributed by atoms with Crippen LogP contribution in [0.3, 0.4) is 0 Å². The minimum absolute atomic E-state index is 0.190. The second kappa shape index (κ2) is 4.91. The Morgan fingerprint density at radius 3 is 2.56 bits per heavy atom. The fourth-order valence-corrected chi connectivity index (χ4v) is 4.49. The van der Waals surface area contributed by atoms with Crippen LogP contribution in [0.1, 0.15) is 13.8 Å². The van der Waals surface area contributed by atoms with Crippen LogP contribution >= 0.6 is 11.8 Å². The van der Waals surface area contributed by atoms with Gasteiger partial charge in [0.15, 0.2) is 0 Å². The van der Waals surface area contributed by atoms with Gasteiger partial charge in [0.05, 0.1) is 5.88 Å². The van der Waals surface area contributed by atoms with Crippen LogP contribution in [0.5, 0.6) is 0 Å². The van der Waals surface area contributed by atoms with E-state index >= 15 is 0 Å². The first kappa shape index (κ1) is 13.8. The molecule has 1 unspecified atom stereocenters. The van der Waals surface area contributed by atoms with E-state index < -0.39 is 22.2 Å². The molecule has 1 fully saturated rings. The molecule has 0 aromatic rings. The standard InChI is InChI=1S/C8H16N2O4S2/c1-6(2)9(3)16(13,14)10-5-15-4-7(10)8(11)12/h6-7H,4-5H2,1-3H3,(H,11,12). The second-order valence-corrected chi connectivity index (χ2v) is 6.80. The van der Waals surface area contributed by atoms with Crippen molar-refractivity contribution in [2.24, 2.45) is 0 Å². The van der Waals surface area contributed by atoms with E-state index in [9.17, 15) is 13.2 Å². The molecule has 0 radical (unpaired) electrons. The SMILES string of the molecule is CC(C)N(C)S(=O)(=O)N1CSCC1C(=O)O. The van der Waals surface area contributed by atoms with Crippen LogP contribution in [0.15, 0.2) is 0 Å². The van der Waals surface area contributed by atoms with Gasteiger partial charge in [-0.15, -0.1) is 11.8 Å². The minimum atomic E-state index is -3.67. The van der Waals surface area contributed by atoms with Gasteiger partial charge in [0.2, 0.25) is 0 Å². The lowest BCUT2D eigenvalue weighted by molar-refractivity contribution is -0.140. The Morgan fingerprint density at radius 1 is 1.56 bits per heavy atom. The molecule has 1 rings (SSSR count). The summed E-state index contributed by atoms with van der Waals surface area (Å²) >= 11 is 1.31. The van der Waals surface area contributed by atoms with Gasteiger partial charge in [-0.2, -0.15) is 17.0 Å². The molecule has 6 nitrogen and oxygen atoms in total. The summed E-state index contributed by atoms with van der Waals surface area (Å²) in [6.07, 6.45) is 0. The average Bonchev–Trinajstić information content (AvgIpc) is 2.65. The monoisotopic (exact) mass is 268 g/mol. The maximum atomic E-state index is 12.1. The third-order valence-electron chi connectivity index (χ3n) is 2.51. The van der Waals surface area contributed by atoms with E-state index in [4.69, 9.17) is 5.11 Å². The van der Waals surface area contributed by atoms with E-state index in [2.05, 4.69) is 0 Å². The number of rotatable bonds is 4. The molecule has 1 aliphatic heterocycles. The molecule has 94 valence electrons. The smallest absolute Gasteiger partial charge is 0.322 e. The van der Waals surface area contributed by atoms with Crippen LogP contribution in [0.2, 0.25) is 0 Å². The second-order valence-electron chi connectivity index (χ2n) is 3.86. The van der Waals surface area contributed by atoms with Crippen molar-refractivity contribution in [1.82, 2.24) is 8.61 Å². The normalized spacial score (nSPS) is 23.2. The Hall–Kier alpha value is -0.310. The van der Waals surface area contributed by atoms with Gasteiger partial charge in [0.25, 0.3) is 10.2 Å². The number of aliphatic carboxylic acids is 1. The van der Waals surface area contributed by atoms with Crippen molar-refractivity contribution in [1.29, 1.82) is 0 Å². The van der Waals surface area contributed by atoms with Gasteiger partial charge in [0, 0.05) is 18.8 Å². The average molecular weight is 268 g/mol. The van der Waals surface area contributed by atoms with Gasteiger partial charge in [-0.25, -0.2) is 0 Å². The highest BCUT2D eigenvalue weighted by atomic mass is 32.2. The van der Waals surface area contributed by atoms with Crippen molar-refractivity contribution in [3.63, 3.8) is 0 Å². The van der Waals surface area contributed by atoms with Crippen LogP contribution in [-0.2, 0) is 15.0 Å². The van der Waals surface area contributed by atoms with Crippen molar-refractivity contribution in [2.45, 2.75) is 25.9 Å². The molecule has 0 aliphatic carbocycles. The summed E-state index contributed by atoms with van der Waals surface area (Å²) in [7, 11) is -2.21. The molecule has 1 N–H and O–H groups in total. The van der Waals surface area contributed by atoms with Crippen LogP contribution in [0.4, 0.5) is 0 Å². The number of carboxylic acid groups (broad SMARTS) is 1. The van der Waals surface area contributed by atoms with Crippen molar-refractivity contribution >= 4 is 27.9 Å². The number of carboxylic acids is 1. The molecule has 0 aromatic carbocycles. The maximum absolute atomic E-state index is 12.1. The summed E-state index contributed by atoms with van der Waals surface area (Å²) in [4.78, 5) is 10.9. The molecule has 16 heavy (non-hydrogen) atoms. The van der Waals surface area contributed by atoms with E-state index in [1.807, 2.05) is 0 Å². The molecule has 0 aromatic heterocycles. The van der Waals surface area contributed by atoms with E-state index in [1.165, 1.54) is 23.1 Å². The predicted molar refractivity (Wildman–Crippen MR) is 62.4 cm³/mol. The zero-order chi connectivity index (χ0) is 12.5. The molecule has 8 heteroatoms. The summed E-state index contributed by atoms with van der Waals surface area (Å²) in [5.41, 5.74) is 0. The number of thioether (sulfide) groups is 1. The third kappa shape index (κ3) is 2.50. The summed E-state index contributed by atoms with van der Waals surface area (Å²) in [5, 5.41) is 8.93. The number of hydrogen-bond donors (Lipinski definition) is 1. The molecule has 0 spiro atoms. The number of nitrogens with zero attached hydrogens (tertiary/aromatic N) is 2. The maximum Gasteiger partial charge on any atom is 0.322 e. The topological polar surface area (TPSA) is 77.9 Å². The largest absolute Gasteiger partial charge is 0.480 e. The highest BCUT2D eigenvalue weighted by molar-refractivity contribution is 8.00. The van der Waals surface area contributed by atoms with Crippen LogP contribution in [0, 0.1) is 0 Å². The predicted octanol–water partition coefficient (Wildman–Crippen LogP) is 0.0309. The van der Waals surface area contributed by atoms with Crippen molar-refractivity contribution < 1.29 is 18.3 Å². The highest BCUT2D eigenvalue weighted by Crippen LogP contribution is 2.26. The van der Waals surface area contributed by atoms with Crippen LogP contribution < -0.4 is 0 Å². The van der Waals surface area contributed by atoms with E-state index in [0.29, 0.717) is 5.75 Å². The Bertz CT molecular complexity index is 368. The first-order chi connectivity index (χ1) is 7.28. The van der Waals surface area contributed by atoms with E-state index in [1.54, 1.807) is 13.8 Å². The molecule has 1 saturated heterocycles. The minimum Gasteiger partial charge on any atom is -0.480 e. The molecule has 1 atom stereocenters. The summed E-state index contributed by atoms with van der Waals surface area (Å²) in [5.74, 6) is -0.581. The lowest BCUT2D eigenvalue weighted by Gasteiger charge is -2.28. The van der Waals surface area contributed by atoms with Gasteiger partial charge in [0.1, 0.15) is 6.04 Å². The quantitative estimate of drug-likeness (QED) is 0.778. The molecule has 0 amide bonds. The molecule has 0 saturated carbocycles. The molecule has 1 aliphatic rings. The van der Waals surface area contributed by atoms with Crippen molar-refractivity contribution in [3.05, 3.63) is 0 Å². The Labute approximate surface area is 99.8 Å². The van der Waals surface area contributed by atoms with Crippen molar-refractivity contribution in [2.75, 3.05) is 18.7 Å². The Balaban J connectivity index is 2.95. The third-order valence-corrected chi connectivity index (χ3v) is 5.82. The summed E-state index contributed by atoms with van der Waals surface area (Å²) in [6.45, 7) is 3.49. The van der Waals surface area contributed by atoms with Gasteiger partial charge in [-0.05, 0) is 13.8 Å². The Kier molecular flexibility index (Phi) is 4.22. The van der Waals surface area contributed by atoms with Gasteiger partial charge in [-0.1, -0.05) is 0 Å². The van der Waals surface area contributed by atoms with Gasteiger partial charge >= 0.3 is 5.97 Å². The van der Waals surface area contributed by atoms with E-state index in [0.717, 1.165) is 4.31 Å². The fourth-order valence-electron chi connectivity index (χ4n) is 1.28. The van der Waals surface area contributed by atoms with E-state index in [-0.39, 0.29) is 11.9 Å². The summed E-state index contributed by atoms with van der Waals surface area (Å²) < 4.78 is 26.4. The first-order valence-electron chi connectivity index (χ1n) is 4.84. The first-order valence-corrected chi connectivity index (χ1v) is 7.39. The lowest BCUT2D eigenvalue weighted by atomic mass is 10.4. The van der Waals surface area contributed by atoms with Crippen LogP contribution in [-0.4, -0.2) is 58.9 Å². The van der Waals surface area contributed by atoms with Crippen LogP contribution in [0.25, 0.3) is 0 Å². The molecule has 1 heterocycles. The Morgan fingerprint density at radius 2 is 2.12 bits per heavy atom. The van der Waals surface area contributed by atoms with Crippen molar-refractivity contribution in [3.8, 4) is 0 Å². The van der Waals surface area contributed by atoms with Gasteiger partial charge in [-0.3, -0.25) is 4.79 Å². The number of carbonyl (C=O) groups is 1. The fraction of sp³-hybridized carbons (Fsp3) is 0.875. The molecular formula is C8H16N2O4S2.